The summed E-state index contributed by atoms with van der Waals surface area (Å²) in [6, 6.07) is 21.5. The van der Waals surface area contributed by atoms with Crippen LogP contribution < -0.4 is 4.90 Å². The van der Waals surface area contributed by atoms with Gasteiger partial charge in [-0.2, -0.15) is 0 Å². The molecule has 8 heteroatoms. The number of amides is 1. The van der Waals surface area contributed by atoms with Crippen molar-refractivity contribution in [2.45, 2.75) is 31.3 Å². The molecule has 1 heterocycles. The molecule has 200 valence electrons. The summed E-state index contributed by atoms with van der Waals surface area (Å²) in [7, 11) is 1.80. The van der Waals surface area contributed by atoms with Gasteiger partial charge in [-0.3, -0.25) is 4.79 Å². The van der Waals surface area contributed by atoms with Gasteiger partial charge in [0.1, 0.15) is 17.2 Å². The molecule has 5 nitrogen and oxygen atoms in total. The molecule has 1 saturated heterocycles. The van der Waals surface area contributed by atoms with Crippen molar-refractivity contribution in [2.24, 2.45) is 5.92 Å². The van der Waals surface area contributed by atoms with Gasteiger partial charge in [-0.1, -0.05) is 42.5 Å². The van der Waals surface area contributed by atoms with Crippen molar-refractivity contribution in [1.82, 2.24) is 4.90 Å². The van der Waals surface area contributed by atoms with Gasteiger partial charge in [-0.15, -0.1) is 12.4 Å². The van der Waals surface area contributed by atoms with Crippen LogP contribution in [0, 0.1) is 17.6 Å². The number of aliphatic hydroxyl groups is 1. The molecule has 3 aromatic rings. The molecule has 0 aromatic heterocycles. The summed E-state index contributed by atoms with van der Waals surface area (Å²) in [4.78, 5) is 16.6. The fourth-order valence-corrected chi connectivity index (χ4v) is 5.04. The molecule has 3 N–H and O–H groups in total. The Balaban J connectivity index is 0.00000241. The van der Waals surface area contributed by atoms with E-state index in [-0.39, 0.29) is 41.3 Å². The SMILES string of the molecule is CN(C(=O)CCCN1CCC(C(O)(c2ccc(F)cc2)c2ccc(F)cc2)CC1)c1ccccc1.Cl.O. The molecular weight excluding hydrogens is 498 g/mol. The van der Waals surface area contributed by atoms with E-state index in [1.54, 1.807) is 36.2 Å². The van der Waals surface area contributed by atoms with Gasteiger partial charge in [0.05, 0.1) is 0 Å². The quantitative estimate of drug-likeness (QED) is 0.446. The maximum absolute atomic E-state index is 13.6. The number of halogens is 3. The Hall–Kier alpha value is -2.84. The summed E-state index contributed by atoms with van der Waals surface area (Å²) < 4.78 is 27.2. The molecular formula is C29H35ClF2N2O3. The minimum absolute atomic E-state index is 0. The van der Waals surface area contributed by atoms with Crippen LogP contribution in [0.4, 0.5) is 14.5 Å². The summed E-state index contributed by atoms with van der Waals surface area (Å²) in [5.74, 6) is -0.733. The highest BCUT2D eigenvalue weighted by molar-refractivity contribution is 5.92. The van der Waals surface area contributed by atoms with E-state index >= 15 is 0 Å². The maximum atomic E-state index is 13.6. The van der Waals surface area contributed by atoms with Gasteiger partial charge in [0.2, 0.25) is 5.91 Å². The molecule has 0 aliphatic carbocycles. The van der Waals surface area contributed by atoms with E-state index in [1.807, 2.05) is 30.3 Å². The zero-order chi connectivity index (χ0) is 24.8. The lowest BCUT2D eigenvalue weighted by Crippen LogP contribution is -2.44. The number of piperidine rings is 1. The number of likely N-dealkylation sites (tertiary alicyclic amines) is 1. The summed E-state index contributed by atoms with van der Waals surface area (Å²) in [5, 5.41) is 12.0. The number of carbonyl (C=O) groups excluding carboxylic acids is 1. The van der Waals surface area contributed by atoms with E-state index in [0.717, 1.165) is 44.6 Å². The Morgan fingerprint density at radius 3 is 1.89 bits per heavy atom. The minimum atomic E-state index is -1.33. The van der Waals surface area contributed by atoms with Crippen molar-refractivity contribution in [1.29, 1.82) is 0 Å². The molecule has 0 atom stereocenters. The van der Waals surface area contributed by atoms with Crippen molar-refractivity contribution >= 4 is 24.0 Å². The van der Waals surface area contributed by atoms with Crippen molar-refractivity contribution in [3.8, 4) is 0 Å². The van der Waals surface area contributed by atoms with Gasteiger partial charge < -0.3 is 20.4 Å². The third-order valence-electron chi connectivity index (χ3n) is 7.13. The summed E-state index contributed by atoms with van der Waals surface area (Å²) in [6.45, 7) is 2.39. The standard InChI is InChI=1S/C29H32F2N2O2.ClH.H2O/c1-32(27-6-3-2-4-7-27)28(34)8-5-19-33-20-17-24(18-21-33)29(35,22-9-13-25(30)14-10-22)23-11-15-26(31)16-12-23;;/h2-4,6-7,9-16,24,35H,5,8,17-21H2,1H3;1H;1H2. The number of anilines is 1. The Morgan fingerprint density at radius 1 is 0.919 bits per heavy atom. The van der Waals surface area contributed by atoms with Crippen LogP contribution in [0.15, 0.2) is 78.9 Å². The van der Waals surface area contributed by atoms with Gasteiger partial charge in [0.15, 0.2) is 0 Å². The first-order valence-corrected chi connectivity index (χ1v) is 12.2. The Kier molecular flexibility index (Phi) is 11.2. The highest BCUT2D eigenvalue weighted by atomic mass is 35.5. The molecule has 0 saturated carbocycles. The van der Waals surface area contributed by atoms with E-state index < -0.39 is 5.60 Å². The number of nitrogens with zero attached hydrogens (tertiary/aromatic N) is 2. The Morgan fingerprint density at radius 2 is 1.41 bits per heavy atom. The highest BCUT2D eigenvalue weighted by Crippen LogP contribution is 2.42. The lowest BCUT2D eigenvalue weighted by molar-refractivity contribution is -0.118. The second-order valence-electron chi connectivity index (χ2n) is 9.29. The van der Waals surface area contributed by atoms with Crippen LogP contribution in [0.3, 0.4) is 0 Å². The summed E-state index contributed by atoms with van der Waals surface area (Å²) in [6.07, 6.45) is 2.72. The summed E-state index contributed by atoms with van der Waals surface area (Å²) in [5.41, 5.74) is 0.776. The first-order chi connectivity index (χ1) is 16.9. The molecule has 1 amide bonds. The topological polar surface area (TPSA) is 75.3 Å². The molecule has 1 fully saturated rings. The number of rotatable bonds is 8. The van der Waals surface area contributed by atoms with Gasteiger partial charge in [0.25, 0.3) is 0 Å². The fourth-order valence-electron chi connectivity index (χ4n) is 5.04. The average molecular weight is 533 g/mol. The van der Waals surface area contributed by atoms with Crippen LogP contribution in [-0.2, 0) is 10.4 Å². The van der Waals surface area contributed by atoms with Crippen LogP contribution in [-0.4, -0.2) is 48.1 Å². The maximum Gasteiger partial charge on any atom is 0.226 e. The zero-order valence-electron chi connectivity index (χ0n) is 20.9. The normalized spacial score (nSPS) is 14.4. The van der Waals surface area contributed by atoms with Crippen molar-refractivity contribution in [2.75, 3.05) is 31.6 Å². The number of hydrogen-bond donors (Lipinski definition) is 1. The highest BCUT2D eigenvalue weighted by Gasteiger charge is 2.41. The largest absolute Gasteiger partial charge is 0.412 e. The van der Waals surface area contributed by atoms with E-state index in [1.165, 1.54) is 24.3 Å². The predicted octanol–water partition coefficient (Wildman–Crippen LogP) is 4.95. The number of hydrogen-bond acceptors (Lipinski definition) is 3. The molecule has 1 aliphatic rings. The van der Waals surface area contributed by atoms with Crippen LogP contribution >= 0.6 is 12.4 Å². The fraction of sp³-hybridized carbons (Fsp3) is 0.345. The molecule has 3 aromatic carbocycles. The Labute approximate surface area is 223 Å². The third kappa shape index (κ3) is 7.14. The second kappa shape index (κ2) is 13.6. The van der Waals surface area contributed by atoms with E-state index in [2.05, 4.69) is 4.90 Å². The molecule has 37 heavy (non-hydrogen) atoms. The van der Waals surface area contributed by atoms with Gasteiger partial charge in [0, 0.05) is 19.2 Å². The summed E-state index contributed by atoms with van der Waals surface area (Å²) >= 11 is 0. The van der Waals surface area contributed by atoms with E-state index in [0.29, 0.717) is 17.5 Å². The van der Waals surface area contributed by atoms with Crippen LogP contribution in [0.1, 0.15) is 36.8 Å². The number of benzene rings is 3. The smallest absolute Gasteiger partial charge is 0.226 e. The number of para-hydroxylation sites is 1. The lowest BCUT2D eigenvalue weighted by Gasteiger charge is -2.42. The monoisotopic (exact) mass is 532 g/mol. The molecule has 4 rings (SSSR count). The van der Waals surface area contributed by atoms with Crippen molar-refractivity contribution in [3.63, 3.8) is 0 Å². The zero-order valence-corrected chi connectivity index (χ0v) is 21.8. The van der Waals surface area contributed by atoms with Gasteiger partial charge in [-0.25, -0.2) is 8.78 Å². The van der Waals surface area contributed by atoms with Gasteiger partial charge >= 0.3 is 0 Å². The van der Waals surface area contributed by atoms with Crippen LogP contribution in [0.2, 0.25) is 0 Å². The molecule has 1 aliphatic heterocycles. The molecule has 0 bridgehead atoms. The minimum Gasteiger partial charge on any atom is -0.412 e. The first-order valence-electron chi connectivity index (χ1n) is 12.2. The average Bonchev–Trinajstić information content (AvgIpc) is 2.89. The van der Waals surface area contributed by atoms with Gasteiger partial charge in [-0.05, 0) is 92.3 Å². The third-order valence-corrected chi connectivity index (χ3v) is 7.13. The molecule has 0 spiro atoms. The lowest BCUT2D eigenvalue weighted by atomic mass is 9.72. The number of carbonyl (C=O) groups is 1. The van der Waals surface area contributed by atoms with E-state index in [4.69, 9.17) is 0 Å². The van der Waals surface area contributed by atoms with Crippen LogP contribution in [0.5, 0.6) is 0 Å². The van der Waals surface area contributed by atoms with E-state index in [9.17, 15) is 18.7 Å². The predicted molar refractivity (Wildman–Crippen MR) is 145 cm³/mol. The van der Waals surface area contributed by atoms with Crippen molar-refractivity contribution in [3.05, 3.63) is 102 Å². The first kappa shape index (κ1) is 30.4. The van der Waals surface area contributed by atoms with Crippen molar-refractivity contribution < 1.29 is 24.2 Å². The molecule has 0 unspecified atom stereocenters. The van der Waals surface area contributed by atoms with Crippen LogP contribution in [0.25, 0.3) is 0 Å². The second-order valence-corrected chi connectivity index (χ2v) is 9.29. The Bertz CT molecular complexity index is 1060. The molecule has 0 radical (unpaired) electrons.